The zero-order valence-corrected chi connectivity index (χ0v) is 27.1. The molecule has 0 aliphatic heterocycles. The highest BCUT2D eigenvalue weighted by Crippen LogP contribution is 2.38. The van der Waals surface area contributed by atoms with Crippen molar-refractivity contribution in [1.29, 1.82) is 0 Å². The Morgan fingerprint density at radius 3 is 1.56 bits per heavy atom. The lowest BCUT2D eigenvalue weighted by Gasteiger charge is -2.13. The normalized spacial score (nSPS) is 11.6. The molecule has 0 amide bonds. The van der Waals surface area contributed by atoms with Gasteiger partial charge in [-0.25, -0.2) is 15.0 Å². The third-order valence-corrected chi connectivity index (χ3v) is 9.87. The second-order valence-corrected chi connectivity index (χ2v) is 12.8. The Hall–Kier alpha value is -6.71. The zero-order chi connectivity index (χ0) is 33.0. The van der Waals surface area contributed by atoms with Crippen molar-refractivity contribution < 1.29 is 0 Å². The maximum atomic E-state index is 5.19. The van der Waals surface area contributed by atoms with Crippen LogP contribution in [-0.2, 0) is 0 Å². The van der Waals surface area contributed by atoms with Gasteiger partial charge < -0.3 is 0 Å². The minimum Gasteiger partial charge on any atom is -0.247 e. The Morgan fingerprint density at radius 1 is 0.280 bits per heavy atom. The minimum absolute atomic E-state index is 0.718. The third kappa shape index (κ3) is 4.63. The van der Waals surface area contributed by atoms with Crippen LogP contribution in [0.1, 0.15) is 0 Å². The van der Waals surface area contributed by atoms with Gasteiger partial charge in [0.2, 0.25) is 0 Å². The van der Waals surface area contributed by atoms with Crippen LogP contribution >= 0.6 is 0 Å². The Kier molecular flexibility index (Phi) is 6.49. The second-order valence-electron chi connectivity index (χ2n) is 12.8. The van der Waals surface area contributed by atoms with Gasteiger partial charge >= 0.3 is 0 Å². The molecule has 0 fully saturated rings. The van der Waals surface area contributed by atoms with Gasteiger partial charge in [-0.05, 0) is 44.8 Å². The summed E-state index contributed by atoms with van der Waals surface area (Å²) in [5.74, 6) is 0.718. The molecule has 0 atom stereocenters. The summed E-state index contributed by atoms with van der Waals surface area (Å²) in [5, 5.41) is 9.51. The number of aromatic nitrogens is 3. The van der Waals surface area contributed by atoms with E-state index in [0.717, 1.165) is 66.8 Å². The van der Waals surface area contributed by atoms with Crippen LogP contribution in [-0.4, -0.2) is 15.0 Å². The Morgan fingerprint density at radius 2 is 0.820 bits per heavy atom. The quantitative estimate of drug-likeness (QED) is 0.181. The fourth-order valence-corrected chi connectivity index (χ4v) is 7.42. The standard InChI is InChI=1S/C47H29N3/c1-3-13-36-32(10-1)12-9-17-38(36)46-40-16-6-8-19-43(40)49-47(50-46)35-26-22-31(23-27-35)30-20-24-34(25-21-30)45-41-29-28-33-11-2-4-14-37(33)44(41)39-15-5-7-18-42(39)48-45/h1-29H. The number of hydrogen-bond acceptors (Lipinski definition) is 3. The van der Waals surface area contributed by atoms with Crippen molar-refractivity contribution in [2.45, 2.75) is 0 Å². The van der Waals surface area contributed by atoms with Crippen molar-refractivity contribution in [3.05, 3.63) is 176 Å². The first-order valence-corrected chi connectivity index (χ1v) is 16.9. The molecule has 0 bridgehead atoms. The summed E-state index contributed by atoms with van der Waals surface area (Å²) >= 11 is 0. The molecule has 10 aromatic rings. The van der Waals surface area contributed by atoms with Gasteiger partial charge in [0.05, 0.1) is 22.4 Å². The van der Waals surface area contributed by atoms with Crippen molar-refractivity contribution in [2.75, 3.05) is 0 Å². The van der Waals surface area contributed by atoms with E-state index in [1.165, 1.54) is 32.3 Å². The van der Waals surface area contributed by atoms with Crippen LogP contribution in [0.3, 0.4) is 0 Å². The van der Waals surface area contributed by atoms with Gasteiger partial charge in [-0.2, -0.15) is 0 Å². The summed E-state index contributed by atoms with van der Waals surface area (Å²) in [6.45, 7) is 0. The Bertz CT molecular complexity index is 2890. The average Bonchev–Trinajstić information content (AvgIpc) is 3.20. The zero-order valence-electron chi connectivity index (χ0n) is 27.1. The van der Waals surface area contributed by atoms with E-state index in [9.17, 15) is 0 Å². The van der Waals surface area contributed by atoms with Gasteiger partial charge in [-0.1, -0.05) is 164 Å². The van der Waals surface area contributed by atoms with Gasteiger partial charge in [0.1, 0.15) is 0 Å². The molecule has 0 unspecified atom stereocenters. The van der Waals surface area contributed by atoms with E-state index in [1.54, 1.807) is 0 Å². The van der Waals surface area contributed by atoms with E-state index in [2.05, 4.69) is 170 Å². The molecular formula is C47H29N3. The first-order valence-electron chi connectivity index (χ1n) is 16.9. The van der Waals surface area contributed by atoms with Crippen LogP contribution in [0.25, 0.3) is 99.2 Å². The van der Waals surface area contributed by atoms with Gasteiger partial charge in [-0.3, -0.25) is 0 Å². The first-order chi connectivity index (χ1) is 24.8. The molecule has 0 radical (unpaired) electrons. The maximum absolute atomic E-state index is 5.19. The van der Waals surface area contributed by atoms with Crippen LogP contribution < -0.4 is 0 Å². The van der Waals surface area contributed by atoms with Crippen molar-refractivity contribution in [1.82, 2.24) is 15.0 Å². The summed E-state index contributed by atoms with van der Waals surface area (Å²) in [5.41, 5.74) is 9.37. The van der Waals surface area contributed by atoms with Crippen LogP contribution in [0.15, 0.2) is 176 Å². The number of pyridine rings is 1. The summed E-state index contributed by atoms with van der Waals surface area (Å²) < 4.78 is 0. The molecule has 0 N–H and O–H groups in total. The Balaban J connectivity index is 1.03. The highest BCUT2D eigenvalue weighted by Gasteiger charge is 2.15. The van der Waals surface area contributed by atoms with Gasteiger partial charge in [0.25, 0.3) is 0 Å². The van der Waals surface area contributed by atoms with E-state index >= 15 is 0 Å². The summed E-state index contributed by atoms with van der Waals surface area (Å²) in [6.07, 6.45) is 0. The highest BCUT2D eigenvalue weighted by atomic mass is 14.9. The van der Waals surface area contributed by atoms with Crippen LogP contribution in [0.5, 0.6) is 0 Å². The van der Waals surface area contributed by atoms with E-state index in [-0.39, 0.29) is 0 Å². The average molecular weight is 636 g/mol. The summed E-state index contributed by atoms with van der Waals surface area (Å²) in [4.78, 5) is 15.4. The largest absolute Gasteiger partial charge is 0.247 e. The SMILES string of the molecule is c1ccc2c(-c3nc(-c4ccc(-c5ccc(-c6nc7ccccc7c7c6ccc6ccccc67)cc5)cc4)nc4ccccc34)cccc2c1. The van der Waals surface area contributed by atoms with Crippen molar-refractivity contribution in [3.63, 3.8) is 0 Å². The lowest BCUT2D eigenvalue weighted by Crippen LogP contribution is -1.95. The van der Waals surface area contributed by atoms with Gasteiger partial charge in [0, 0.05) is 38.2 Å². The summed E-state index contributed by atoms with van der Waals surface area (Å²) in [6, 6.07) is 62.0. The molecular weight excluding hydrogens is 607 g/mol. The fraction of sp³-hybridized carbons (Fsp3) is 0. The molecule has 2 aromatic heterocycles. The molecule has 0 spiro atoms. The molecule has 0 saturated carbocycles. The molecule has 3 nitrogen and oxygen atoms in total. The van der Waals surface area contributed by atoms with Crippen molar-refractivity contribution >= 4 is 54.1 Å². The smallest absolute Gasteiger partial charge is 0.160 e. The predicted molar refractivity (Wildman–Crippen MR) is 209 cm³/mol. The first kappa shape index (κ1) is 28.3. The number of hydrogen-bond donors (Lipinski definition) is 0. The molecule has 2 heterocycles. The third-order valence-electron chi connectivity index (χ3n) is 9.87. The van der Waals surface area contributed by atoms with Crippen molar-refractivity contribution in [2.24, 2.45) is 0 Å². The van der Waals surface area contributed by atoms with E-state index in [4.69, 9.17) is 15.0 Å². The molecule has 0 aliphatic carbocycles. The fourth-order valence-electron chi connectivity index (χ4n) is 7.42. The maximum Gasteiger partial charge on any atom is 0.160 e. The van der Waals surface area contributed by atoms with Crippen LogP contribution in [0.4, 0.5) is 0 Å². The molecule has 0 saturated heterocycles. The van der Waals surface area contributed by atoms with Crippen LogP contribution in [0, 0.1) is 0 Å². The minimum atomic E-state index is 0.718. The number of fused-ring (bicyclic) bond motifs is 7. The summed E-state index contributed by atoms with van der Waals surface area (Å²) in [7, 11) is 0. The number of nitrogens with zero attached hydrogens (tertiary/aromatic N) is 3. The molecule has 50 heavy (non-hydrogen) atoms. The molecule has 10 rings (SSSR count). The monoisotopic (exact) mass is 635 g/mol. The number of benzene rings is 8. The molecule has 8 aromatic carbocycles. The van der Waals surface area contributed by atoms with Gasteiger partial charge in [-0.15, -0.1) is 0 Å². The Labute approximate surface area is 289 Å². The lowest BCUT2D eigenvalue weighted by atomic mass is 9.94. The number of para-hydroxylation sites is 2. The topological polar surface area (TPSA) is 38.7 Å². The van der Waals surface area contributed by atoms with Crippen LogP contribution in [0.2, 0.25) is 0 Å². The lowest BCUT2D eigenvalue weighted by molar-refractivity contribution is 1.23. The van der Waals surface area contributed by atoms with Crippen molar-refractivity contribution in [3.8, 4) is 45.0 Å². The molecule has 232 valence electrons. The number of rotatable bonds is 4. The van der Waals surface area contributed by atoms with Gasteiger partial charge in [0.15, 0.2) is 5.82 Å². The van der Waals surface area contributed by atoms with E-state index in [0.29, 0.717) is 0 Å². The molecule has 0 aliphatic rings. The highest BCUT2D eigenvalue weighted by molar-refractivity contribution is 6.22. The van der Waals surface area contributed by atoms with E-state index in [1.807, 2.05) is 6.07 Å². The second kappa shape index (κ2) is 11.5. The molecule has 3 heteroatoms. The van der Waals surface area contributed by atoms with E-state index < -0.39 is 0 Å². The predicted octanol–water partition coefficient (Wildman–Crippen LogP) is 12.3.